The van der Waals surface area contributed by atoms with E-state index in [2.05, 4.69) is 10.1 Å². The number of nitrogens with one attached hydrogen (secondary N) is 1. The van der Waals surface area contributed by atoms with Crippen molar-refractivity contribution in [3.05, 3.63) is 82.9 Å². The lowest BCUT2D eigenvalue weighted by Gasteiger charge is -2.31. The van der Waals surface area contributed by atoms with Crippen LogP contribution < -0.4 is 14.4 Å². The molecule has 0 unspecified atom stereocenters. The van der Waals surface area contributed by atoms with Crippen LogP contribution in [-0.2, 0) is 16.4 Å². The number of ether oxygens (including phenoxy) is 1. The number of nitrogens with zero attached hydrogens (tertiary/aromatic N) is 1. The Morgan fingerprint density at radius 3 is 2.52 bits per heavy atom. The summed E-state index contributed by atoms with van der Waals surface area (Å²) < 4.78 is 56.9. The van der Waals surface area contributed by atoms with Gasteiger partial charge in [0.1, 0.15) is 5.75 Å². The van der Waals surface area contributed by atoms with Crippen molar-refractivity contribution < 1.29 is 26.7 Å². The van der Waals surface area contributed by atoms with Crippen molar-refractivity contribution >= 4 is 38.9 Å². The average molecular weight is 493 g/mol. The van der Waals surface area contributed by atoms with Crippen molar-refractivity contribution in [1.82, 2.24) is 0 Å². The van der Waals surface area contributed by atoms with Crippen LogP contribution in [-0.4, -0.2) is 27.5 Å². The third-order valence-electron chi connectivity index (χ3n) is 5.14. The van der Waals surface area contributed by atoms with E-state index in [1.54, 1.807) is 42.5 Å². The molecule has 1 N–H and O–H groups in total. The molecule has 0 spiro atoms. The number of benzene rings is 3. The summed E-state index contributed by atoms with van der Waals surface area (Å²) in [7, 11) is -3.99. The van der Waals surface area contributed by atoms with Crippen molar-refractivity contribution in [3.8, 4) is 5.75 Å². The molecule has 0 fully saturated rings. The minimum atomic E-state index is -3.99. The summed E-state index contributed by atoms with van der Waals surface area (Å²) in [5.74, 6) is -0.542. The molecule has 1 aliphatic heterocycles. The Balaban J connectivity index is 1.63. The molecule has 3 aromatic rings. The number of amides is 1. The van der Waals surface area contributed by atoms with E-state index in [4.69, 9.17) is 11.6 Å². The maximum absolute atomic E-state index is 13.3. The number of anilines is 2. The highest BCUT2D eigenvalue weighted by Gasteiger charge is 2.30. The molecule has 1 heterocycles. The minimum absolute atomic E-state index is 0.0641. The van der Waals surface area contributed by atoms with E-state index in [9.17, 15) is 22.0 Å². The lowest BCUT2D eigenvalue weighted by Crippen LogP contribution is -2.35. The van der Waals surface area contributed by atoms with Crippen LogP contribution in [0.25, 0.3) is 0 Å². The zero-order valence-corrected chi connectivity index (χ0v) is 18.7. The Morgan fingerprint density at radius 2 is 1.82 bits per heavy atom. The number of halogens is 3. The molecule has 10 heteroatoms. The minimum Gasteiger partial charge on any atom is -0.435 e. The van der Waals surface area contributed by atoms with Gasteiger partial charge in [0.05, 0.1) is 10.6 Å². The number of carbonyl (C=O) groups excluding carboxylic acids is 1. The number of rotatable bonds is 6. The second-order valence-corrected chi connectivity index (χ2v) is 9.64. The molecule has 172 valence electrons. The second-order valence-electron chi connectivity index (χ2n) is 7.34. The van der Waals surface area contributed by atoms with Crippen LogP contribution in [0.4, 0.5) is 20.2 Å². The zero-order chi connectivity index (χ0) is 23.6. The van der Waals surface area contributed by atoms with E-state index >= 15 is 0 Å². The summed E-state index contributed by atoms with van der Waals surface area (Å²) in [4.78, 5) is 12.7. The lowest BCUT2D eigenvalue weighted by atomic mass is 10.0. The van der Waals surface area contributed by atoms with Gasteiger partial charge in [-0.05, 0) is 73.0 Å². The van der Waals surface area contributed by atoms with Gasteiger partial charge in [-0.3, -0.25) is 9.10 Å². The smallest absolute Gasteiger partial charge is 0.387 e. The molecule has 0 bridgehead atoms. The summed E-state index contributed by atoms with van der Waals surface area (Å²) in [6, 6.07) is 16.4. The third kappa shape index (κ3) is 5.09. The van der Waals surface area contributed by atoms with Gasteiger partial charge >= 0.3 is 6.61 Å². The van der Waals surface area contributed by atoms with Gasteiger partial charge in [-0.1, -0.05) is 23.7 Å². The molecule has 0 atom stereocenters. The first-order valence-corrected chi connectivity index (χ1v) is 11.8. The van der Waals surface area contributed by atoms with Crippen molar-refractivity contribution in [2.75, 3.05) is 16.2 Å². The van der Waals surface area contributed by atoms with Gasteiger partial charge in [0, 0.05) is 22.8 Å². The topological polar surface area (TPSA) is 75.7 Å². The van der Waals surface area contributed by atoms with E-state index in [1.165, 1.54) is 28.6 Å². The Hall–Kier alpha value is -3.17. The first-order valence-electron chi connectivity index (χ1n) is 10.0. The molecule has 3 aromatic carbocycles. The van der Waals surface area contributed by atoms with Crippen LogP contribution in [0.2, 0.25) is 5.02 Å². The zero-order valence-electron chi connectivity index (χ0n) is 17.2. The number of aryl methyl sites for hydroxylation is 1. The van der Waals surface area contributed by atoms with E-state index in [0.29, 0.717) is 29.2 Å². The lowest BCUT2D eigenvalue weighted by molar-refractivity contribution is -0.0498. The van der Waals surface area contributed by atoms with Crippen LogP contribution in [0.1, 0.15) is 22.3 Å². The molecule has 0 saturated heterocycles. The van der Waals surface area contributed by atoms with E-state index in [-0.39, 0.29) is 22.8 Å². The second kappa shape index (κ2) is 9.36. The van der Waals surface area contributed by atoms with Crippen LogP contribution >= 0.6 is 11.6 Å². The van der Waals surface area contributed by atoms with Gasteiger partial charge in [0.15, 0.2) is 0 Å². The number of alkyl halides is 2. The summed E-state index contributed by atoms with van der Waals surface area (Å²) in [6.07, 6.45) is 1.27. The monoisotopic (exact) mass is 492 g/mol. The summed E-state index contributed by atoms with van der Waals surface area (Å²) >= 11 is 5.96. The molecule has 0 aliphatic carbocycles. The third-order valence-corrected chi connectivity index (χ3v) is 7.21. The number of hydrogen-bond acceptors (Lipinski definition) is 4. The van der Waals surface area contributed by atoms with Gasteiger partial charge in [0.2, 0.25) is 0 Å². The quantitative estimate of drug-likeness (QED) is 0.504. The fourth-order valence-corrected chi connectivity index (χ4v) is 5.34. The van der Waals surface area contributed by atoms with Crippen LogP contribution in [0.15, 0.2) is 71.6 Å². The normalized spacial score (nSPS) is 13.5. The number of carbonyl (C=O) groups is 1. The fourth-order valence-electron chi connectivity index (χ4n) is 3.62. The van der Waals surface area contributed by atoms with Crippen LogP contribution in [0.5, 0.6) is 5.75 Å². The maximum Gasteiger partial charge on any atom is 0.387 e. The van der Waals surface area contributed by atoms with Gasteiger partial charge in [0.25, 0.3) is 15.9 Å². The Kier molecular flexibility index (Phi) is 6.53. The number of fused-ring (bicyclic) bond motifs is 1. The molecule has 33 heavy (non-hydrogen) atoms. The van der Waals surface area contributed by atoms with Crippen LogP contribution in [0, 0.1) is 0 Å². The Labute approximate surface area is 194 Å². The van der Waals surface area contributed by atoms with Crippen molar-refractivity contribution in [2.45, 2.75) is 24.3 Å². The molecule has 0 saturated carbocycles. The predicted molar refractivity (Wildman–Crippen MR) is 122 cm³/mol. The molecule has 1 amide bonds. The van der Waals surface area contributed by atoms with Gasteiger partial charge in [-0.25, -0.2) is 8.42 Å². The molecule has 1 aliphatic rings. The Morgan fingerprint density at radius 1 is 1.06 bits per heavy atom. The largest absolute Gasteiger partial charge is 0.435 e. The molecular weight excluding hydrogens is 474 g/mol. The molecular formula is C23H19ClF2N2O4S. The fraction of sp³-hybridized carbons (Fsp3) is 0.174. The SMILES string of the molecule is O=C(Nc1cccc(Cl)c1)c1ccc2c(c1)N(S(=O)(=O)c1ccc(OC(F)F)cc1)CCC2. The summed E-state index contributed by atoms with van der Waals surface area (Å²) in [6.45, 7) is -2.78. The molecule has 0 aromatic heterocycles. The highest BCUT2D eigenvalue weighted by Crippen LogP contribution is 2.33. The maximum atomic E-state index is 13.3. The Bertz CT molecular complexity index is 1280. The van der Waals surface area contributed by atoms with Crippen molar-refractivity contribution in [3.63, 3.8) is 0 Å². The van der Waals surface area contributed by atoms with Crippen LogP contribution in [0.3, 0.4) is 0 Å². The highest BCUT2D eigenvalue weighted by atomic mass is 35.5. The standard InChI is InChI=1S/C23H19ClF2N2O4S/c24-17-4-1-5-18(14-17)27-22(29)16-7-6-15-3-2-12-28(21(15)13-16)33(30,31)20-10-8-19(9-11-20)32-23(25)26/h1,4-11,13-14,23H,2-3,12H2,(H,27,29). The average Bonchev–Trinajstić information content (AvgIpc) is 2.78. The predicted octanol–water partition coefficient (Wildman–Crippen LogP) is 5.34. The van der Waals surface area contributed by atoms with Crippen molar-refractivity contribution in [2.24, 2.45) is 0 Å². The summed E-state index contributed by atoms with van der Waals surface area (Å²) in [5, 5.41) is 3.22. The van der Waals surface area contributed by atoms with E-state index < -0.39 is 22.5 Å². The van der Waals surface area contributed by atoms with Gasteiger partial charge in [-0.15, -0.1) is 0 Å². The van der Waals surface area contributed by atoms with Gasteiger partial charge in [-0.2, -0.15) is 8.78 Å². The first-order chi connectivity index (χ1) is 15.7. The molecule has 0 radical (unpaired) electrons. The molecule has 4 rings (SSSR count). The van der Waals surface area contributed by atoms with Crippen molar-refractivity contribution in [1.29, 1.82) is 0 Å². The number of sulfonamides is 1. The molecule has 6 nitrogen and oxygen atoms in total. The first kappa shape index (κ1) is 23.0. The van der Waals surface area contributed by atoms with E-state index in [1.807, 2.05) is 0 Å². The summed E-state index contributed by atoms with van der Waals surface area (Å²) in [5.41, 5.74) is 2.01. The van der Waals surface area contributed by atoms with Gasteiger partial charge < -0.3 is 10.1 Å². The van der Waals surface area contributed by atoms with E-state index in [0.717, 1.165) is 5.56 Å². The highest BCUT2D eigenvalue weighted by molar-refractivity contribution is 7.92. The number of hydrogen-bond donors (Lipinski definition) is 1.